The summed E-state index contributed by atoms with van der Waals surface area (Å²) in [5.74, 6) is -1.11. The molecule has 1 N–H and O–H groups in total. The van der Waals surface area contributed by atoms with E-state index in [1.54, 1.807) is 60.4 Å². The molecule has 2 unspecified atom stereocenters. The fourth-order valence-electron chi connectivity index (χ4n) is 4.95. The Morgan fingerprint density at radius 3 is 2.43 bits per heavy atom. The lowest BCUT2D eigenvalue weighted by Gasteiger charge is -2.35. The number of methoxy groups -OCH3 is 1. The van der Waals surface area contributed by atoms with Crippen LogP contribution in [0.5, 0.6) is 5.75 Å². The molecule has 2 aliphatic heterocycles. The molecule has 3 aromatic rings. The van der Waals surface area contributed by atoms with Crippen molar-refractivity contribution in [1.29, 1.82) is 0 Å². The maximum absolute atomic E-state index is 14.1. The maximum atomic E-state index is 14.1. The van der Waals surface area contributed by atoms with Gasteiger partial charge in [-0.3, -0.25) is 9.59 Å². The summed E-state index contributed by atoms with van der Waals surface area (Å²) in [7, 11) is 1.59. The van der Waals surface area contributed by atoms with Gasteiger partial charge < -0.3 is 19.6 Å². The van der Waals surface area contributed by atoms with Gasteiger partial charge in [-0.15, -0.1) is 5.10 Å². The monoisotopic (exact) mass is 479 g/mol. The van der Waals surface area contributed by atoms with Crippen molar-refractivity contribution in [3.63, 3.8) is 0 Å². The molecule has 2 bridgehead atoms. The van der Waals surface area contributed by atoms with Crippen LogP contribution in [-0.2, 0) is 4.79 Å². The Kier molecular flexibility index (Phi) is 5.98. The van der Waals surface area contributed by atoms with Crippen LogP contribution in [-0.4, -0.2) is 80.1 Å². The predicted octanol–water partition coefficient (Wildman–Crippen LogP) is 2.00. The number of nitrogens with zero attached hydrogens (tertiary/aromatic N) is 5. The zero-order valence-electron chi connectivity index (χ0n) is 19.4. The summed E-state index contributed by atoms with van der Waals surface area (Å²) in [5.41, 5.74) is 1.27. The highest BCUT2D eigenvalue weighted by molar-refractivity contribution is 5.93. The van der Waals surface area contributed by atoms with Crippen molar-refractivity contribution in [2.24, 2.45) is 0 Å². The summed E-state index contributed by atoms with van der Waals surface area (Å²) in [6, 6.07) is 13.0. The average molecular weight is 480 g/mol. The number of aliphatic hydroxyl groups excluding tert-OH is 1. The summed E-state index contributed by atoms with van der Waals surface area (Å²) in [4.78, 5) is 29.5. The lowest BCUT2D eigenvalue weighted by atomic mass is 9.94. The first kappa shape index (κ1) is 23.0. The highest BCUT2D eigenvalue weighted by Crippen LogP contribution is 2.34. The van der Waals surface area contributed by atoms with E-state index in [9.17, 15) is 19.1 Å². The first-order valence-corrected chi connectivity index (χ1v) is 11.5. The fourth-order valence-corrected chi connectivity index (χ4v) is 4.95. The van der Waals surface area contributed by atoms with E-state index in [4.69, 9.17) is 4.74 Å². The van der Waals surface area contributed by atoms with Crippen molar-refractivity contribution in [1.82, 2.24) is 24.8 Å². The van der Waals surface area contributed by atoms with Crippen molar-refractivity contribution in [2.45, 2.75) is 37.5 Å². The third kappa shape index (κ3) is 4.14. The second-order valence-corrected chi connectivity index (χ2v) is 8.99. The lowest BCUT2D eigenvalue weighted by Crippen LogP contribution is -2.53. The van der Waals surface area contributed by atoms with E-state index < -0.39 is 23.7 Å². The summed E-state index contributed by atoms with van der Waals surface area (Å²) < 4.78 is 20.8. The summed E-state index contributed by atoms with van der Waals surface area (Å²) in [5, 5.41) is 18.8. The number of aromatic nitrogens is 3. The minimum Gasteiger partial charge on any atom is -0.497 e. The van der Waals surface area contributed by atoms with Gasteiger partial charge in [0.25, 0.3) is 11.8 Å². The van der Waals surface area contributed by atoms with Crippen molar-refractivity contribution < 1.29 is 23.8 Å². The van der Waals surface area contributed by atoms with E-state index >= 15 is 0 Å². The van der Waals surface area contributed by atoms with Gasteiger partial charge in [0.05, 0.1) is 31.1 Å². The van der Waals surface area contributed by atoms with Crippen LogP contribution < -0.4 is 4.74 Å². The number of ether oxygens (including phenoxy) is 1. The van der Waals surface area contributed by atoms with Crippen molar-refractivity contribution >= 4 is 11.8 Å². The standard InChI is InChI=1S/C25H26FN5O4/c1-15(20-5-3-4-6-21(20)26)23(32)25(34)30-13-17-11-18(30)12-29(17)24(33)22-14-31(28-27-22)16-7-9-19(35-2)10-8-16/h3-10,14-15,17-18,23,32H,11-13H2,1-2H3/t15?,17-,18-,23?/m0/s1. The van der Waals surface area contributed by atoms with E-state index in [0.29, 0.717) is 30.8 Å². The van der Waals surface area contributed by atoms with Crippen molar-refractivity contribution in [3.8, 4) is 11.4 Å². The molecule has 5 rings (SSSR count). The molecule has 10 heteroatoms. The number of piperazine rings is 1. The van der Waals surface area contributed by atoms with Crippen molar-refractivity contribution in [3.05, 3.63) is 71.8 Å². The number of carbonyl (C=O) groups excluding carboxylic acids is 2. The van der Waals surface area contributed by atoms with E-state index in [1.165, 1.54) is 10.7 Å². The van der Waals surface area contributed by atoms with Crippen LogP contribution in [0.25, 0.3) is 5.69 Å². The lowest BCUT2D eigenvalue weighted by molar-refractivity contribution is -0.143. The number of likely N-dealkylation sites (tertiary alicyclic amines) is 2. The molecule has 0 spiro atoms. The molecule has 4 atom stereocenters. The molecule has 9 nitrogen and oxygen atoms in total. The van der Waals surface area contributed by atoms with Gasteiger partial charge in [0.15, 0.2) is 5.69 Å². The highest BCUT2D eigenvalue weighted by Gasteiger charge is 2.49. The minimum absolute atomic E-state index is 0.168. The molecule has 3 heterocycles. The number of benzene rings is 2. The van der Waals surface area contributed by atoms with E-state index in [1.807, 2.05) is 12.1 Å². The number of halogens is 1. The molecule has 2 aliphatic rings. The Labute approximate surface area is 201 Å². The molecule has 0 radical (unpaired) electrons. The zero-order chi connectivity index (χ0) is 24.7. The molecule has 182 valence electrons. The van der Waals surface area contributed by atoms with E-state index in [-0.39, 0.29) is 23.7 Å². The largest absolute Gasteiger partial charge is 0.497 e. The van der Waals surface area contributed by atoms with Crippen LogP contribution in [0.4, 0.5) is 4.39 Å². The molecular formula is C25H26FN5O4. The molecule has 2 saturated heterocycles. The smallest absolute Gasteiger partial charge is 0.276 e. The highest BCUT2D eigenvalue weighted by atomic mass is 19.1. The summed E-state index contributed by atoms with van der Waals surface area (Å²) >= 11 is 0. The number of carbonyl (C=O) groups is 2. The third-order valence-corrected chi connectivity index (χ3v) is 6.96. The minimum atomic E-state index is -1.36. The Morgan fingerprint density at radius 1 is 1.09 bits per heavy atom. The molecule has 35 heavy (non-hydrogen) atoms. The summed E-state index contributed by atoms with van der Waals surface area (Å²) in [6.07, 6.45) is 0.851. The van der Waals surface area contributed by atoms with Crippen LogP contribution >= 0.6 is 0 Å². The van der Waals surface area contributed by atoms with Gasteiger partial charge in [-0.25, -0.2) is 9.07 Å². The molecule has 0 saturated carbocycles. The Morgan fingerprint density at radius 2 is 1.77 bits per heavy atom. The van der Waals surface area contributed by atoms with Crippen LogP contribution in [0, 0.1) is 5.82 Å². The number of hydrogen-bond acceptors (Lipinski definition) is 6. The first-order valence-electron chi connectivity index (χ1n) is 11.5. The quantitative estimate of drug-likeness (QED) is 0.581. The topological polar surface area (TPSA) is 101 Å². The second kappa shape index (κ2) is 9.10. The first-order chi connectivity index (χ1) is 16.9. The third-order valence-electron chi connectivity index (χ3n) is 6.96. The number of hydrogen-bond donors (Lipinski definition) is 1. The average Bonchev–Trinajstić information content (AvgIpc) is 3.64. The molecular weight excluding hydrogens is 453 g/mol. The molecule has 2 aromatic carbocycles. The van der Waals surface area contributed by atoms with E-state index in [2.05, 4.69) is 10.3 Å². The van der Waals surface area contributed by atoms with Gasteiger partial charge in [0.1, 0.15) is 17.7 Å². The second-order valence-electron chi connectivity index (χ2n) is 8.99. The zero-order valence-corrected chi connectivity index (χ0v) is 19.4. The number of fused-ring (bicyclic) bond motifs is 2. The fraction of sp³-hybridized carbons (Fsp3) is 0.360. The number of rotatable bonds is 6. The molecule has 1 aromatic heterocycles. The van der Waals surface area contributed by atoms with Gasteiger partial charge in [-0.2, -0.15) is 0 Å². The number of amides is 2. The maximum Gasteiger partial charge on any atom is 0.276 e. The van der Waals surface area contributed by atoms with Crippen molar-refractivity contribution in [2.75, 3.05) is 20.2 Å². The van der Waals surface area contributed by atoms with Gasteiger partial charge >= 0.3 is 0 Å². The van der Waals surface area contributed by atoms with Crippen LogP contribution in [0.15, 0.2) is 54.7 Å². The normalized spacial score (nSPS) is 20.7. The van der Waals surface area contributed by atoms with Gasteiger partial charge in [0.2, 0.25) is 0 Å². The van der Waals surface area contributed by atoms with Crippen LogP contribution in [0.2, 0.25) is 0 Å². The Balaban J connectivity index is 1.23. The molecule has 2 amide bonds. The van der Waals surface area contributed by atoms with Gasteiger partial charge in [-0.05, 0) is 42.3 Å². The van der Waals surface area contributed by atoms with Crippen LogP contribution in [0.3, 0.4) is 0 Å². The SMILES string of the molecule is COc1ccc(-n2cc(C(=O)N3C[C@@H]4C[C@H]3CN4C(=O)C(O)C(C)c3ccccc3F)nn2)cc1. The number of aliphatic hydroxyl groups is 1. The molecule has 2 fully saturated rings. The summed E-state index contributed by atoms with van der Waals surface area (Å²) in [6.45, 7) is 2.31. The van der Waals surface area contributed by atoms with Gasteiger partial charge in [0, 0.05) is 19.0 Å². The molecule has 0 aliphatic carbocycles. The predicted molar refractivity (Wildman–Crippen MR) is 124 cm³/mol. The van der Waals surface area contributed by atoms with Gasteiger partial charge in [-0.1, -0.05) is 30.3 Å². The van der Waals surface area contributed by atoms with E-state index in [0.717, 1.165) is 5.69 Å². The Hall–Kier alpha value is -3.79. The van der Waals surface area contributed by atoms with Crippen LogP contribution in [0.1, 0.15) is 35.3 Å². The Bertz CT molecular complexity index is 1250.